The molecule has 20 heavy (non-hydrogen) atoms. The molecule has 0 fully saturated rings. The van der Waals surface area contributed by atoms with Crippen LogP contribution in [0.3, 0.4) is 0 Å². The number of benzene rings is 1. The number of oxime groups is 1. The number of nitrogens with one attached hydrogen (secondary N) is 1. The molecule has 2 aromatic rings. The van der Waals surface area contributed by atoms with E-state index in [1.165, 1.54) is 0 Å². The summed E-state index contributed by atoms with van der Waals surface area (Å²) in [6, 6.07) is 10.00. The summed E-state index contributed by atoms with van der Waals surface area (Å²) in [6.07, 6.45) is 1.54. The number of rotatable bonds is 3. The second kappa shape index (κ2) is 6.16. The van der Waals surface area contributed by atoms with Crippen LogP contribution in [0.5, 0.6) is 0 Å². The van der Waals surface area contributed by atoms with Crippen molar-refractivity contribution in [3.05, 3.63) is 58.3 Å². The fraction of sp³-hybridized carbons (Fsp3) is 0. The van der Waals surface area contributed by atoms with Crippen LogP contribution in [-0.2, 0) is 0 Å². The first-order valence-corrected chi connectivity index (χ1v) is 6.40. The minimum absolute atomic E-state index is 0.0251. The molecule has 0 radical (unpaired) electrons. The second-order valence-electron chi connectivity index (χ2n) is 3.88. The van der Waals surface area contributed by atoms with Gasteiger partial charge in [0.2, 0.25) is 0 Å². The highest BCUT2D eigenvalue weighted by Gasteiger charge is 2.08. The standard InChI is InChI=1S/C13H11BrN4O2/c14-9-4-5-11(16-7-9)13(19)17-10-3-1-2-8(6-10)12(15)18-20/h1-7,20H,(H2,15,18)(H,17,19). The van der Waals surface area contributed by atoms with Gasteiger partial charge in [-0.2, -0.15) is 0 Å². The van der Waals surface area contributed by atoms with Gasteiger partial charge < -0.3 is 16.3 Å². The predicted molar refractivity (Wildman–Crippen MR) is 78.8 cm³/mol. The zero-order valence-corrected chi connectivity index (χ0v) is 11.8. The highest BCUT2D eigenvalue weighted by atomic mass is 79.9. The molecule has 2 rings (SSSR count). The number of pyridine rings is 1. The molecule has 0 unspecified atom stereocenters. The monoisotopic (exact) mass is 334 g/mol. The van der Waals surface area contributed by atoms with E-state index < -0.39 is 0 Å². The van der Waals surface area contributed by atoms with Crippen LogP contribution in [0.1, 0.15) is 16.1 Å². The van der Waals surface area contributed by atoms with Gasteiger partial charge in [0.25, 0.3) is 5.91 Å². The third-order valence-electron chi connectivity index (χ3n) is 2.48. The largest absolute Gasteiger partial charge is 0.409 e. The molecular formula is C13H11BrN4O2. The van der Waals surface area contributed by atoms with Crippen molar-refractivity contribution in [1.82, 2.24) is 4.98 Å². The number of carbonyl (C=O) groups excluding carboxylic acids is 1. The van der Waals surface area contributed by atoms with E-state index in [4.69, 9.17) is 10.9 Å². The fourth-order valence-corrected chi connectivity index (χ4v) is 1.75. The van der Waals surface area contributed by atoms with Gasteiger partial charge in [0, 0.05) is 21.9 Å². The zero-order valence-electron chi connectivity index (χ0n) is 10.2. The van der Waals surface area contributed by atoms with E-state index in [0.29, 0.717) is 16.9 Å². The SMILES string of the molecule is NC(=NO)c1cccc(NC(=O)c2ccc(Br)cn2)c1. The van der Waals surface area contributed by atoms with Gasteiger partial charge in [-0.3, -0.25) is 4.79 Å². The third-order valence-corrected chi connectivity index (χ3v) is 2.95. The lowest BCUT2D eigenvalue weighted by atomic mass is 10.2. The third kappa shape index (κ3) is 3.33. The number of nitrogens with two attached hydrogens (primary N) is 1. The maximum Gasteiger partial charge on any atom is 0.274 e. The Hall–Kier alpha value is -2.41. The lowest BCUT2D eigenvalue weighted by molar-refractivity contribution is 0.102. The van der Waals surface area contributed by atoms with E-state index >= 15 is 0 Å². The number of amides is 1. The van der Waals surface area contributed by atoms with Crippen LogP contribution < -0.4 is 11.1 Å². The highest BCUT2D eigenvalue weighted by Crippen LogP contribution is 2.13. The van der Waals surface area contributed by atoms with Crippen LogP contribution in [0.15, 0.2) is 52.2 Å². The summed E-state index contributed by atoms with van der Waals surface area (Å²) in [4.78, 5) is 16.0. The molecule has 1 aromatic carbocycles. The van der Waals surface area contributed by atoms with Crippen molar-refractivity contribution < 1.29 is 10.0 Å². The number of halogens is 1. The number of anilines is 1. The second-order valence-corrected chi connectivity index (χ2v) is 4.80. The molecule has 1 amide bonds. The molecule has 0 spiro atoms. The molecule has 1 heterocycles. The van der Waals surface area contributed by atoms with Gasteiger partial charge in [0.15, 0.2) is 5.84 Å². The first kappa shape index (κ1) is 14.0. The molecule has 6 nitrogen and oxygen atoms in total. The van der Waals surface area contributed by atoms with Crippen LogP contribution in [0.4, 0.5) is 5.69 Å². The van der Waals surface area contributed by atoms with Gasteiger partial charge in [-0.1, -0.05) is 17.3 Å². The quantitative estimate of drug-likeness (QED) is 0.346. The Morgan fingerprint density at radius 3 is 2.80 bits per heavy atom. The topological polar surface area (TPSA) is 101 Å². The van der Waals surface area contributed by atoms with Crippen molar-refractivity contribution in [2.75, 3.05) is 5.32 Å². The molecule has 102 valence electrons. The Morgan fingerprint density at radius 2 is 2.15 bits per heavy atom. The molecule has 0 saturated heterocycles. The van der Waals surface area contributed by atoms with E-state index in [1.54, 1.807) is 42.6 Å². The average Bonchev–Trinajstić information content (AvgIpc) is 2.47. The summed E-state index contributed by atoms with van der Waals surface area (Å²) in [5, 5.41) is 14.2. The van der Waals surface area contributed by atoms with Gasteiger partial charge in [-0.05, 0) is 40.2 Å². The van der Waals surface area contributed by atoms with Crippen molar-refractivity contribution >= 4 is 33.4 Å². The Balaban J connectivity index is 2.17. The van der Waals surface area contributed by atoms with Crippen molar-refractivity contribution in [2.24, 2.45) is 10.9 Å². The molecule has 0 aliphatic carbocycles. The van der Waals surface area contributed by atoms with Crippen molar-refractivity contribution in [2.45, 2.75) is 0 Å². The molecule has 0 aliphatic rings. The summed E-state index contributed by atoms with van der Waals surface area (Å²) in [7, 11) is 0. The maximum absolute atomic E-state index is 12.0. The Morgan fingerprint density at radius 1 is 1.35 bits per heavy atom. The number of hydrogen-bond acceptors (Lipinski definition) is 4. The molecule has 0 saturated carbocycles. The summed E-state index contributed by atoms with van der Waals surface area (Å²) < 4.78 is 0.794. The normalized spacial score (nSPS) is 11.2. The molecule has 0 aliphatic heterocycles. The van der Waals surface area contributed by atoms with Gasteiger partial charge in [0.1, 0.15) is 5.69 Å². The van der Waals surface area contributed by atoms with Crippen molar-refractivity contribution in [3.63, 3.8) is 0 Å². The molecule has 4 N–H and O–H groups in total. The molecule has 0 bridgehead atoms. The number of nitrogens with zero attached hydrogens (tertiary/aromatic N) is 2. The number of carbonyl (C=O) groups is 1. The maximum atomic E-state index is 12.0. The van der Waals surface area contributed by atoms with E-state index in [0.717, 1.165) is 4.47 Å². The lowest BCUT2D eigenvalue weighted by Gasteiger charge is -2.06. The first-order valence-electron chi connectivity index (χ1n) is 5.61. The lowest BCUT2D eigenvalue weighted by Crippen LogP contribution is -2.16. The first-order chi connectivity index (χ1) is 9.60. The van der Waals surface area contributed by atoms with Gasteiger partial charge in [0.05, 0.1) is 0 Å². The van der Waals surface area contributed by atoms with Crippen LogP contribution in [0.2, 0.25) is 0 Å². The van der Waals surface area contributed by atoms with Crippen LogP contribution in [-0.4, -0.2) is 21.9 Å². The van der Waals surface area contributed by atoms with Gasteiger partial charge in [-0.25, -0.2) is 4.98 Å². The minimum atomic E-state index is -0.339. The average molecular weight is 335 g/mol. The van der Waals surface area contributed by atoms with Crippen molar-refractivity contribution in [3.8, 4) is 0 Å². The number of aromatic nitrogens is 1. The Labute approximate surface area is 123 Å². The summed E-state index contributed by atoms with van der Waals surface area (Å²) in [5.41, 5.74) is 6.83. The zero-order chi connectivity index (χ0) is 14.5. The Bertz CT molecular complexity index is 656. The smallest absolute Gasteiger partial charge is 0.274 e. The van der Waals surface area contributed by atoms with Crippen LogP contribution in [0, 0.1) is 0 Å². The number of amidine groups is 1. The summed E-state index contributed by atoms with van der Waals surface area (Å²) in [6.45, 7) is 0. The molecular weight excluding hydrogens is 324 g/mol. The van der Waals surface area contributed by atoms with Crippen LogP contribution >= 0.6 is 15.9 Å². The van der Waals surface area contributed by atoms with Crippen molar-refractivity contribution in [1.29, 1.82) is 0 Å². The van der Waals surface area contributed by atoms with Crippen LogP contribution in [0.25, 0.3) is 0 Å². The van der Waals surface area contributed by atoms with E-state index in [9.17, 15) is 4.79 Å². The molecule has 0 atom stereocenters. The fourth-order valence-electron chi connectivity index (χ4n) is 1.52. The Kier molecular flexibility index (Phi) is 4.31. The van der Waals surface area contributed by atoms with E-state index in [-0.39, 0.29) is 11.7 Å². The van der Waals surface area contributed by atoms with E-state index in [1.807, 2.05) is 0 Å². The minimum Gasteiger partial charge on any atom is -0.409 e. The van der Waals surface area contributed by atoms with E-state index in [2.05, 4.69) is 31.4 Å². The highest BCUT2D eigenvalue weighted by molar-refractivity contribution is 9.10. The summed E-state index contributed by atoms with van der Waals surface area (Å²) >= 11 is 3.25. The predicted octanol–water partition coefficient (Wildman–Crippen LogP) is 2.19. The number of hydrogen-bond donors (Lipinski definition) is 3. The molecule has 1 aromatic heterocycles. The van der Waals surface area contributed by atoms with Gasteiger partial charge >= 0.3 is 0 Å². The molecule has 7 heteroatoms. The summed E-state index contributed by atoms with van der Waals surface area (Å²) in [5.74, 6) is -0.364. The van der Waals surface area contributed by atoms with Gasteiger partial charge in [-0.15, -0.1) is 0 Å².